The zero-order valence-corrected chi connectivity index (χ0v) is 11.7. The van der Waals surface area contributed by atoms with Gasteiger partial charge in [-0.1, -0.05) is 43.0 Å². The third-order valence-corrected chi connectivity index (χ3v) is 4.12. The highest BCUT2D eigenvalue weighted by atomic mass is 35.5. The van der Waals surface area contributed by atoms with E-state index in [1.165, 1.54) is 25.7 Å². The summed E-state index contributed by atoms with van der Waals surface area (Å²) in [5.74, 6) is 1.64. The topological polar surface area (TPSA) is 12.0 Å². The quantitative estimate of drug-likeness (QED) is 0.794. The number of hydrogen-bond acceptors (Lipinski definition) is 1. The van der Waals surface area contributed by atoms with Crippen molar-refractivity contribution < 1.29 is 0 Å². The summed E-state index contributed by atoms with van der Waals surface area (Å²) in [6.07, 6.45) is 5.39. The molecule has 0 aliphatic heterocycles. The van der Waals surface area contributed by atoms with Crippen molar-refractivity contribution in [2.24, 2.45) is 11.8 Å². The summed E-state index contributed by atoms with van der Waals surface area (Å²) in [6.45, 7) is 3.35. The summed E-state index contributed by atoms with van der Waals surface area (Å²) in [5, 5.41) is 4.91. The first-order valence-corrected chi connectivity index (χ1v) is 7.09. The van der Waals surface area contributed by atoms with Gasteiger partial charge in [0.05, 0.1) is 10.7 Å². The largest absolute Gasteiger partial charge is 0.384 e. The van der Waals surface area contributed by atoms with Crippen LogP contribution in [0.5, 0.6) is 0 Å². The van der Waals surface area contributed by atoms with Gasteiger partial charge >= 0.3 is 0 Å². The molecule has 0 radical (unpaired) electrons. The van der Waals surface area contributed by atoms with Gasteiger partial charge in [0, 0.05) is 11.6 Å². The van der Waals surface area contributed by atoms with Crippen molar-refractivity contribution in [3.05, 3.63) is 28.2 Å². The van der Waals surface area contributed by atoms with E-state index in [1.54, 1.807) is 0 Å². The Balaban J connectivity index is 1.90. The third kappa shape index (κ3) is 3.79. The Hall–Kier alpha value is -0.400. The van der Waals surface area contributed by atoms with E-state index in [0.717, 1.165) is 34.1 Å². The number of halogens is 2. The molecule has 0 saturated heterocycles. The number of benzene rings is 1. The molecule has 94 valence electrons. The maximum Gasteiger partial charge on any atom is 0.0638 e. The maximum absolute atomic E-state index is 6.12. The van der Waals surface area contributed by atoms with Gasteiger partial charge in [-0.2, -0.15) is 0 Å². The summed E-state index contributed by atoms with van der Waals surface area (Å²) in [4.78, 5) is 0. The van der Waals surface area contributed by atoms with Crippen LogP contribution in [-0.4, -0.2) is 6.54 Å². The predicted octanol–water partition coefficient (Wildman–Crippen LogP) is 5.23. The van der Waals surface area contributed by atoms with Crippen molar-refractivity contribution in [1.82, 2.24) is 0 Å². The fraction of sp³-hybridized carbons (Fsp3) is 0.571. The molecule has 0 amide bonds. The third-order valence-electron chi connectivity index (χ3n) is 3.55. The van der Waals surface area contributed by atoms with Crippen molar-refractivity contribution in [3.63, 3.8) is 0 Å². The Labute approximate surface area is 114 Å². The molecule has 2 unspecified atom stereocenters. The van der Waals surface area contributed by atoms with Crippen molar-refractivity contribution in [2.75, 3.05) is 11.9 Å². The van der Waals surface area contributed by atoms with Crippen LogP contribution in [-0.2, 0) is 0 Å². The number of nitrogens with one attached hydrogen (secondary N) is 1. The molecule has 1 aliphatic carbocycles. The SMILES string of the molecule is CC1CCCC(CNc2cc(Cl)ccc2Cl)C1. The smallest absolute Gasteiger partial charge is 0.0638 e. The van der Waals surface area contributed by atoms with Crippen LogP contribution in [0.1, 0.15) is 32.6 Å². The van der Waals surface area contributed by atoms with Gasteiger partial charge < -0.3 is 5.32 Å². The van der Waals surface area contributed by atoms with Crippen LogP contribution in [0.4, 0.5) is 5.69 Å². The molecule has 1 aromatic carbocycles. The van der Waals surface area contributed by atoms with E-state index in [1.807, 2.05) is 18.2 Å². The molecule has 0 bridgehead atoms. The average molecular weight is 272 g/mol. The highest BCUT2D eigenvalue weighted by molar-refractivity contribution is 6.35. The van der Waals surface area contributed by atoms with Crippen LogP contribution in [0.2, 0.25) is 10.0 Å². The molecule has 2 atom stereocenters. The van der Waals surface area contributed by atoms with Gasteiger partial charge in [0.15, 0.2) is 0 Å². The van der Waals surface area contributed by atoms with E-state index in [4.69, 9.17) is 23.2 Å². The molecule has 0 heterocycles. The van der Waals surface area contributed by atoms with Crippen LogP contribution < -0.4 is 5.32 Å². The highest BCUT2D eigenvalue weighted by Crippen LogP contribution is 2.30. The van der Waals surface area contributed by atoms with Crippen LogP contribution in [0.15, 0.2) is 18.2 Å². The molecule has 1 nitrogen and oxygen atoms in total. The van der Waals surface area contributed by atoms with Gasteiger partial charge in [-0.05, 0) is 42.9 Å². The molecule has 2 rings (SSSR count). The van der Waals surface area contributed by atoms with Gasteiger partial charge in [0.25, 0.3) is 0 Å². The summed E-state index contributed by atoms with van der Waals surface area (Å²) in [6, 6.07) is 5.56. The molecule has 1 saturated carbocycles. The molecule has 3 heteroatoms. The second-order valence-electron chi connectivity index (χ2n) is 5.14. The summed E-state index contributed by atoms with van der Waals surface area (Å²) >= 11 is 12.1. The fourth-order valence-corrected chi connectivity index (χ4v) is 2.99. The second-order valence-corrected chi connectivity index (χ2v) is 5.99. The lowest BCUT2D eigenvalue weighted by Crippen LogP contribution is -2.21. The van der Waals surface area contributed by atoms with E-state index in [-0.39, 0.29) is 0 Å². The molecule has 17 heavy (non-hydrogen) atoms. The summed E-state index contributed by atoms with van der Waals surface area (Å²) in [7, 11) is 0. The normalized spacial score (nSPS) is 24.6. The molecule has 1 N–H and O–H groups in total. The average Bonchev–Trinajstić information content (AvgIpc) is 2.30. The first kappa shape index (κ1) is 13.0. The standard InChI is InChI=1S/C14H19Cl2N/c1-10-3-2-4-11(7-10)9-17-14-8-12(15)5-6-13(14)16/h5-6,8,10-11,17H,2-4,7,9H2,1H3. The van der Waals surface area contributed by atoms with Gasteiger partial charge in [-0.3, -0.25) is 0 Å². The van der Waals surface area contributed by atoms with E-state index >= 15 is 0 Å². The van der Waals surface area contributed by atoms with Crippen LogP contribution in [0.25, 0.3) is 0 Å². The van der Waals surface area contributed by atoms with Gasteiger partial charge in [0.1, 0.15) is 0 Å². The Morgan fingerprint density at radius 3 is 2.88 bits per heavy atom. The first-order chi connectivity index (χ1) is 8.15. The minimum absolute atomic E-state index is 0.730. The molecule has 1 aromatic rings. The van der Waals surface area contributed by atoms with Gasteiger partial charge in [0.2, 0.25) is 0 Å². The van der Waals surface area contributed by atoms with Crippen LogP contribution in [0, 0.1) is 11.8 Å². The molecular formula is C14H19Cl2N. The lowest BCUT2D eigenvalue weighted by atomic mass is 9.82. The second kappa shape index (κ2) is 5.97. The van der Waals surface area contributed by atoms with E-state index < -0.39 is 0 Å². The van der Waals surface area contributed by atoms with Gasteiger partial charge in [-0.15, -0.1) is 0 Å². The van der Waals surface area contributed by atoms with Crippen LogP contribution >= 0.6 is 23.2 Å². The zero-order valence-electron chi connectivity index (χ0n) is 10.2. The van der Waals surface area contributed by atoms with E-state index in [9.17, 15) is 0 Å². The molecule has 0 aromatic heterocycles. The van der Waals surface area contributed by atoms with Gasteiger partial charge in [-0.25, -0.2) is 0 Å². The Morgan fingerprint density at radius 1 is 1.29 bits per heavy atom. The summed E-state index contributed by atoms with van der Waals surface area (Å²) < 4.78 is 0. The summed E-state index contributed by atoms with van der Waals surface area (Å²) in [5.41, 5.74) is 0.956. The number of rotatable bonds is 3. The van der Waals surface area contributed by atoms with Crippen molar-refractivity contribution in [2.45, 2.75) is 32.6 Å². The fourth-order valence-electron chi connectivity index (χ4n) is 2.63. The van der Waals surface area contributed by atoms with Crippen LogP contribution in [0.3, 0.4) is 0 Å². The highest BCUT2D eigenvalue weighted by Gasteiger charge is 2.18. The monoisotopic (exact) mass is 271 g/mol. The first-order valence-electron chi connectivity index (χ1n) is 6.34. The molecule has 0 spiro atoms. The van der Waals surface area contributed by atoms with Crippen molar-refractivity contribution in [1.29, 1.82) is 0 Å². The predicted molar refractivity (Wildman–Crippen MR) is 76.1 cm³/mol. The lowest BCUT2D eigenvalue weighted by molar-refractivity contribution is 0.293. The minimum Gasteiger partial charge on any atom is -0.384 e. The number of hydrogen-bond donors (Lipinski definition) is 1. The number of anilines is 1. The Morgan fingerprint density at radius 2 is 2.12 bits per heavy atom. The maximum atomic E-state index is 6.12. The lowest BCUT2D eigenvalue weighted by Gasteiger charge is -2.27. The molecular weight excluding hydrogens is 253 g/mol. The Kier molecular flexibility index (Phi) is 4.58. The van der Waals surface area contributed by atoms with E-state index in [2.05, 4.69) is 12.2 Å². The molecule has 1 aliphatic rings. The van der Waals surface area contributed by atoms with Crippen molar-refractivity contribution >= 4 is 28.9 Å². The van der Waals surface area contributed by atoms with E-state index in [0.29, 0.717) is 0 Å². The molecule has 1 fully saturated rings. The van der Waals surface area contributed by atoms with Crippen molar-refractivity contribution in [3.8, 4) is 0 Å². The minimum atomic E-state index is 0.730. The zero-order chi connectivity index (χ0) is 12.3. The Bertz CT molecular complexity index is 378.